The van der Waals surface area contributed by atoms with Gasteiger partial charge < -0.3 is 22.8 Å². The van der Waals surface area contributed by atoms with Gasteiger partial charge in [-0.3, -0.25) is 0 Å². The molecule has 8 heteroatoms. The van der Waals surface area contributed by atoms with E-state index in [1.165, 1.54) is 0 Å². The lowest BCUT2D eigenvalue weighted by atomic mass is 9.89. The van der Waals surface area contributed by atoms with Gasteiger partial charge in [0.2, 0.25) is 0 Å². The predicted molar refractivity (Wildman–Crippen MR) is 216 cm³/mol. The molecular formula is C40H78O5Si3. The second kappa shape index (κ2) is 20.3. The summed E-state index contributed by atoms with van der Waals surface area (Å²) >= 11 is 0. The smallest absolute Gasteiger partial charge is 0.193 e. The van der Waals surface area contributed by atoms with Crippen LogP contribution in [0.3, 0.4) is 0 Å². The molecular weight excluding hydrogens is 645 g/mol. The molecule has 48 heavy (non-hydrogen) atoms. The summed E-state index contributed by atoms with van der Waals surface area (Å²) in [4.78, 5) is 0. The molecule has 0 unspecified atom stereocenters. The molecule has 0 aliphatic heterocycles. The van der Waals surface area contributed by atoms with E-state index >= 15 is 0 Å². The number of ether oxygens (including phenoxy) is 2. The van der Waals surface area contributed by atoms with Crippen molar-refractivity contribution in [2.75, 3.05) is 13.7 Å². The highest BCUT2D eigenvalue weighted by Gasteiger charge is 2.41. The lowest BCUT2D eigenvalue weighted by Crippen LogP contribution is -2.49. The van der Waals surface area contributed by atoms with Crippen molar-refractivity contribution in [1.82, 2.24) is 0 Å². The second-order valence-corrected chi connectivity index (χ2v) is 30.5. The first-order valence-electron chi connectivity index (χ1n) is 19.3. The summed E-state index contributed by atoms with van der Waals surface area (Å²) in [5, 5.41) is 0.184. The van der Waals surface area contributed by atoms with Crippen LogP contribution >= 0.6 is 0 Å². The largest absolute Gasteiger partial charge is 0.497 e. The number of methoxy groups -OCH3 is 1. The maximum atomic E-state index is 7.23. The average Bonchev–Trinajstić information content (AvgIpc) is 3.06. The summed E-state index contributed by atoms with van der Waals surface area (Å²) in [6.07, 6.45) is 6.85. The predicted octanol–water partition coefficient (Wildman–Crippen LogP) is 12.4. The zero-order valence-corrected chi connectivity index (χ0v) is 37.4. The summed E-state index contributed by atoms with van der Waals surface area (Å²) in [5.41, 5.74) is 0.736. The van der Waals surface area contributed by atoms with E-state index in [1.807, 2.05) is 12.1 Å². The minimum Gasteiger partial charge on any atom is -0.497 e. The van der Waals surface area contributed by atoms with Gasteiger partial charge in [-0.2, -0.15) is 0 Å². The van der Waals surface area contributed by atoms with Crippen LogP contribution in [-0.2, 0) is 24.6 Å². The van der Waals surface area contributed by atoms with Crippen molar-refractivity contribution in [3.8, 4) is 5.75 Å². The van der Waals surface area contributed by atoms with E-state index in [4.69, 9.17) is 22.8 Å². The van der Waals surface area contributed by atoms with Gasteiger partial charge in [-0.15, -0.1) is 0 Å². The highest BCUT2D eigenvalue weighted by Crippen LogP contribution is 2.39. The first kappa shape index (κ1) is 45.3. The van der Waals surface area contributed by atoms with Crippen LogP contribution in [-0.4, -0.2) is 56.5 Å². The van der Waals surface area contributed by atoms with Crippen molar-refractivity contribution < 1.29 is 22.8 Å². The Bertz CT molecular complexity index is 1030. The third-order valence-electron chi connectivity index (χ3n) is 11.9. The Labute approximate surface area is 301 Å². The van der Waals surface area contributed by atoms with Gasteiger partial charge >= 0.3 is 0 Å². The molecule has 0 bridgehead atoms. The Balaban J connectivity index is 3.29. The van der Waals surface area contributed by atoms with Crippen LogP contribution < -0.4 is 4.74 Å². The standard InChI is InChI=1S/C40H78O5Si3/c1-17-47(18-2,19-3)43-32-40(13,45-48(20-4,21-5)22-6)29-23-24-33(7)38(42-31-36-25-27-37(41-14)28-26-36)30-34(8)35(9)44-46(15,16)39(10,11)12/h23,25-29,33-35,38H,17-22,24,30-32H2,1-16H3/b29-23+/t33-,34+,35+,38+,40-/m1/s1. The van der Waals surface area contributed by atoms with Gasteiger partial charge in [0.05, 0.1) is 32.0 Å². The number of rotatable bonds is 24. The normalized spacial score (nSPS) is 17.2. The van der Waals surface area contributed by atoms with Gasteiger partial charge in [0.1, 0.15) is 5.75 Å². The van der Waals surface area contributed by atoms with Crippen LogP contribution in [0, 0.1) is 11.8 Å². The van der Waals surface area contributed by atoms with Gasteiger partial charge in [0.15, 0.2) is 25.0 Å². The molecule has 0 fully saturated rings. The summed E-state index contributed by atoms with van der Waals surface area (Å²) in [6.45, 7) is 36.0. The molecule has 0 saturated heterocycles. The zero-order chi connectivity index (χ0) is 36.8. The number of hydrogen-bond acceptors (Lipinski definition) is 5. The molecule has 0 spiro atoms. The van der Waals surface area contributed by atoms with Crippen molar-refractivity contribution in [1.29, 1.82) is 0 Å². The SMILES string of the molecule is CC[Si](CC)(CC)OC[C@@](C)(/C=C/C[C@@H](C)[C@H](C[C@H](C)[C@H](C)O[Si](C)(C)C(C)(C)C)OCc1ccc(OC)cc1)O[Si](CC)(CC)CC. The fourth-order valence-corrected chi connectivity index (χ4v) is 13.6. The monoisotopic (exact) mass is 723 g/mol. The molecule has 280 valence electrons. The van der Waals surface area contributed by atoms with E-state index in [0.717, 1.165) is 60.4 Å². The average molecular weight is 723 g/mol. The summed E-state index contributed by atoms with van der Waals surface area (Å²) in [7, 11) is -3.79. The quantitative estimate of drug-likeness (QED) is 0.0785. The molecule has 5 atom stereocenters. The molecule has 1 rings (SSSR count). The molecule has 5 nitrogen and oxygen atoms in total. The van der Waals surface area contributed by atoms with Crippen LogP contribution in [0.2, 0.25) is 54.4 Å². The maximum Gasteiger partial charge on any atom is 0.193 e. The van der Waals surface area contributed by atoms with Crippen LogP contribution in [0.15, 0.2) is 36.4 Å². The highest BCUT2D eigenvalue weighted by atomic mass is 28.4. The van der Waals surface area contributed by atoms with Crippen molar-refractivity contribution in [3.63, 3.8) is 0 Å². The molecule has 0 heterocycles. The first-order chi connectivity index (χ1) is 22.3. The highest BCUT2D eigenvalue weighted by molar-refractivity contribution is 6.74. The topological polar surface area (TPSA) is 46.2 Å². The van der Waals surface area contributed by atoms with Gasteiger partial charge in [-0.25, -0.2) is 0 Å². The Morgan fingerprint density at radius 3 is 1.73 bits per heavy atom. The zero-order valence-electron chi connectivity index (χ0n) is 34.4. The van der Waals surface area contributed by atoms with Crippen molar-refractivity contribution in [2.24, 2.45) is 11.8 Å². The van der Waals surface area contributed by atoms with Crippen molar-refractivity contribution in [3.05, 3.63) is 42.0 Å². The minimum atomic E-state index is -1.87. The van der Waals surface area contributed by atoms with E-state index in [0.29, 0.717) is 25.0 Å². The molecule has 1 aromatic rings. The molecule has 0 amide bonds. The lowest BCUT2D eigenvalue weighted by Gasteiger charge is -2.41. The van der Waals surface area contributed by atoms with Crippen LogP contribution in [0.4, 0.5) is 0 Å². The maximum absolute atomic E-state index is 7.23. The number of allylic oxidation sites excluding steroid dienone is 1. The molecule has 0 aliphatic rings. The van der Waals surface area contributed by atoms with E-state index in [9.17, 15) is 0 Å². The summed E-state index contributed by atoms with van der Waals surface area (Å²) in [5.74, 6) is 1.56. The summed E-state index contributed by atoms with van der Waals surface area (Å²) < 4.78 is 33.1. The van der Waals surface area contributed by atoms with Crippen molar-refractivity contribution in [2.45, 2.75) is 182 Å². The Morgan fingerprint density at radius 2 is 1.27 bits per heavy atom. The third-order valence-corrected chi connectivity index (χ3v) is 25.9. The Morgan fingerprint density at radius 1 is 0.750 bits per heavy atom. The number of hydrogen-bond donors (Lipinski definition) is 0. The van der Waals surface area contributed by atoms with Gasteiger partial charge in [0.25, 0.3) is 0 Å². The molecule has 0 aliphatic carbocycles. The second-order valence-electron chi connectivity index (χ2n) is 16.3. The van der Waals surface area contributed by atoms with E-state index < -0.39 is 30.6 Å². The molecule has 0 radical (unpaired) electrons. The van der Waals surface area contributed by atoms with Crippen molar-refractivity contribution >= 4 is 25.0 Å². The van der Waals surface area contributed by atoms with E-state index in [-0.39, 0.29) is 17.2 Å². The summed E-state index contributed by atoms with van der Waals surface area (Å²) in [6, 6.07) is 15.1. The molecule has 1 aromatic carbocycles. The van der Waals surface area contributed by atoms with E-state index in [1.54, 1.807) is 7.11 Å². The first-order valence-corrected chi connectivity index (χ1v) is 27.2. The van der Waals surface area contributed by atoms with Gasteiger partial charge in [-0.1, -0.05) is 100 Å². The van der Waals surface area contributed by atoms with Crippen LogP contribution in [0.5, 0.6) is 5.75 Å². The molecule has 0 saturated carbocycles. The van der Waals surface area contributed by atoms with Gasteiger partial charge in [-0.05, 0) is 111 Å². The Kier molecular flexibility index (Phi) is 19.2. The fourth-order valence-electron chi connectivity index (χ4n) is 6.31. The third kappa shape index (κ3) is 13.8. The molecule has 0 aromatic heterocycles. The Hall–Kier alpha value is -0.749. The fraction of sp³-hybridized carbons (Fsp3) is 0.800. The van der Waals surface area contributed by atoms with Crippen LogP contribution in [0.25, 0.3) is 0 Å². The molecule has 0 N–H and O–H groups in total. The van der Waals surface area contributed by atoms with E-state index in [2.05, 4.69) is 127 Å². The van der Waals surface area contributed by atoms with Crippen LogP contribution in [0.1, 0.15) is 108 Å². The minimum absolute atomic E-state index is 0.0939. The van der Waals surface area contributed by atoms with Gasteiger partial charge in [0, 0.05) is 6.10 Å². The lowest BCUT2D eigenvalue weighted by molar-refractivity contribution is -0.0191. The number of benzene rings is 1.